The summed E-state index contributed by atoms with van der Waals surface area (Å²) in [6.45, 7) is 3.03. The highest BCUT2D eigenvalue weighted by molar-refractivity contribution is 7.95. The topological polar surface area (TPSA) is 48.5 Å². The van der Waals surface area contributed by atoms with E-state index >= 15 is 0 Å². The van der Waals surface area contributed by atoms with Gasteiger partial charge in [0.2, 0.25) is 0 Å². The normalized spacial score (nSPS) is 14.5. The Labute approximate surface area is 168 Å². The molecule has 1 fully saturated rings. The SMILES string of the molecule is C[S+](C)c1ccc(NC(=O)N2CCN(c3cccc4ncccc34)CC2)cc1. The number of fused-ring (bicyclic) bond motifs is 1. The number of pyridine rings is 1. The summed E-state index contributed by atoms with van der Waals surface area (Å²) in [7, 11) is 0.230. The summed E-state index contributed by atoms with van der Waals surface area (Å²) >= 11 is 0. The van der Waals surface area contributed by atoms with Crippen molar-refractivity contribution in [3.8, 4) is 0 Å². The molecule has 4 rings (SSSR count). The molecule has 1 aromatic heterocycles. The van der Waals surface area contributed by atoms with Crippen LogP contribution in [0.5, 0.6) is 0 Å². The summed E-state index contributed by atoms with van der Waals surface area (Å²) < 4.78 is 0. The number of hydrogen-bond acceptors (Lipinski definition) is 3. The molecule has 2 heterocycles. The van der Waals surface area contributed by atoms with Crippen molar-refractivity contribution in [1.82, 2.24) is 9.88 Å². The lowest BCUT2D eigenvalue weighted by Crippen LogP contribution is -2.50. The largest absolute Gasteiger partial charge is 0.367 e. The molecule has 144 valence electrons. The fraction of sp³-hybridized carbons (Fsp3) is 0.273. The van der Waals surface area contributed by atoms with Crippen LogP contribution in [0.25, 0.3) is 10.9 Å². The number of piperazine rings is 1. The second-order valence-corrected chi connectivity index (χ2v) is 9.20. The van der Waals surface area contributed by atoms with Crippen molar-refractivity contribution in [2.45, 2.75) is 4.90 Å². The number of urea groups is 1. The van der Waals surface area contributed by atoms with Crippen LogP contribution in [0, 0.1) is 0 Å². The molecule has 5 nitrogen and oxygen atoms in total. The summed E-state index contributed by atoms with van der Waals surface area (Å²) in [4.78, 5) is 22.6. The van der Waals surface area contributed by atoms with E-state index in [-0.39, 0.29) is 16.9 Å². The highest BCUT2D eigenvalue weighted by atomic mass is 32.2. The summed E-state index contributed by atoms with van der Waals surface area (Å²) in [5.74, 6) is 0. The van der Waals surface area contributed by atoms with Crippen LogP contribution >= 0.6 is 0 Å². The Kier molecular flexibility index (Phi) is 5.39. The van der Waals surface area contributed by atoms with Crippen LogP contribution in [0.2, 0.25) is 0 Å². The standard InChI is InChI=1S/C22H24N4OS/c1-28(2)18-10-8-17(9-11-18)24-22(27)26-15-13-25(14-16-26)21-7-3-6-20-19(21)5-4-12-23-20/h3-12H,13-16H2,1-2H3/p+1. The number of benzene rings is 2. The molecule has 0 unspecified atom stereocenters. The van der Waals surface area contributed by atoms with E-state index < -0.39 is 0 Å². The predicted octanol–water partition coefficient (Wildman–Crippen LogP) is 3.83. The Morgan fingerprint density at radius 2 is 1.71 bits per heavy atom. The first kappa shape index (κ1) is 18.6. The molecule has 0 bridgehead atoms. The Hall–Kier alpha value is -2.73. The van der Waals surface area contributed by atoms with Gasteiger partial charge in [-0.15, -0.1) is 0 Å². The van der Waals surface area contributed by atoms with Crippen molar-refractivity contribution in [2.24, 2.45) is 0 Å². The molecule has 0 radical (unpaired) electrons. The summed E-state index contributed by atoms with van der Waals surface area (Å²) in [6, 6.07) is 18.4. The van der Waals surface area contributed by atoms with Gasteiger partial charge in [-0.25, -0.2) is 4.79 Å². The average molecular weight is 394 g/mol. The van der Waals surface area contributed by atoms with Gasteiger partial charge in [-0.3, -0.25) is 4.98 Å². The number of carbonyl (C=O) groups is 1. The molecule has 0 spiro atoms. The quantitative estimate of drug-likeness (QED) is 0.688. The van der Waals surface area contributed by atoms with Crippen molar-refractivity contribution >= 4 is 39.2 Å². The molecule has 1 saturated heterocycles. The molecule has 28 heavy (non-hydrogen) atoms. The van der Waals surface area contributed by atoms with Gasteiger partial charge in [-0.1, -0.05) is 6.07 Å². The maximum Gasteiger partial charge on any atom is 0.321 e. The fourth-order valence-electron chi connectivity index (χ4n) is 3.53. The van der Waals surface area contributed by atoms with E-state index in [0.717, 1.165) is 29.7 Å². The average Bonchev–Trinajstić information content (AvgIpc) is 2.74. The van der Waals surface area contributed by atoms with Gasteiger partial charge in [0.05, 0.1) is 5.52 Å². The van der Waals surface area contributed by atoms with E-state index in [0.29, 0.717) is 13.1 Å². The first-order valence-electron chi connectivity index (χ1n) is 9.44. The molecule has 6 heteroatoms. The zero-order chi connectivity index (χ0) is 19.5. The predicted molar refractivity (Wildman–Crippen MR) is 118 cm³/mol. The third kappa shape index (κ3) is 3.92. The van der Waals surface area contributed by atoms with Gasteiger partial charge in [0, 0.05) is 60.0 Å². The molecule has 1 N–H and O–H groups in total. The smallest absolute Gasteiger partial charge is 0.321 e. The third-order valence-electron chi connectivity index (χ3n) is 5.11. The summed E-state index contributed by atoms with van der Waals surface area (Å²) in [5.41, 5.74) is 3.04. The van der Waals surface area contributed by atoms with Crippen molar-refractivity contribution in [3.05, 3.63) is 60.8 Å². The monoisotopic (exact) mass is 393 g/mol. The van der Waals surface area contributed by atoms with Crippen molar-refractivity contribution in [2.75, 3.05) is 48.9 Å². The van der Waals surface area contributed by atoms with E-state index in [9.17, 15) is 4.79 Å². The molecule has 0 aliphatic carbocycles. The minimum atomic E-state index is -0.0287. The van der Waals surface area contributed by atoms with Gasteiger partial charge in [0.15, 0.2) is 4.90 Å². The second kappa shape index (κ2) is 8.10. The molecule has 1 aliphatic rings. The van der Waals surface area contributed by atoms with Crippen molar-refractivity contribution < 1.29 is 4.79 Å². The number of carbonyl (C=O) groups excluding carboxylic acids is 1. The lowest BCUT2D eigenvalue weighted by Gasteiger charge is -2.36. The van der Waals surface area contributed by atoms with Crippen LogP contribution in [0.3, 0.4) is 0 Å². The number of nitrogens with zero attached hydrogens (tertiary/aromatic N) is 3. The number of rotatable bonds is 3. The maximum absolute atomic E-state index is 12.6. The molecule has 2 aromatic carbocycles. The van der Waals surface area contributed by atoms with Crippen LogP contribution in [0.1, 0.15) is 0 Å². The van der Waals surface area contributed by atoms with Crippen LogP contribution < -0.4 is 10.2 Å². The molecule has 3 aromatic rings. The lowest BCUT2D eigenvalue weighted by atomic mass is 10.1. The van der Waals surface area contributed by atoms with E-state index in [1.165, 1.54) is 10.6 Å². The van der Waals surface area contributed by atoms with Crippen LogP contribution in [0.4, 0.5) is 16.2 Å². The van der Waals surface area contributed by atoms with Crippen molar-refractivity contribution in [1.29, 1.82) is 0 Å². The zero-order valence-electron chi connectivity index (χ0n) is 16.3. The van der Waals surface area contributed by atoms with E-state index in [2.05, 4.69) is 52.0 Å². The minimum Gasteiger partial charge on any atom is -0.367 e. The number of anilines is 2. The number of aromatic nitrogens is 1. The van der Waals surface area contributed by atoms with E-state index in [4.69, 9.17) is 0 Å². The number of hydrogen-bond donors (Lipinski definition) is 1. The van der Waals surface area contributed by atoms with Crippen LogP contribution in [-0.2, 0) is 10.9 Å². The maximum atomic E-state index is 12.6. The lowest BCUT2D eigenvalue weighted by molar-refractivity contribution is 0.208. The van der Waals surface area contributed by atoms with Crippen LogP contribution in [-0.4, -0.2) is 54.6 Å². The zero-order valence-corrected chi connectivity index (χ0v) is 17.1. The second-order valence-electron chi connectivity index (χ2n) is 7.09. The number of nitrogens with one attached hydrogen (secondary N) is 1. The van der Waals surface area contributed by atoms with Crippen LogP contribution in [0.15, 0.2) is 65.7 Å². The molecular formula is C22H25N4OS+. The van der Waals surface area contributed by atoms with Gasteiger partial charge in [0.25, 0.3) is 0 Å². The highest BCUT2D eigenvalue weighted by Crippen LogP contribution is 2.26. The molecule has 2 amide bonds. The van der Waals surface area contributed by atoms with Gasteiger partial charge < -0.3 is 15.1 Å². The van der Waals surface area contributed by atoms with Gasteiger partial charge in [0.1, 0.15) is 12.5 Å². The van der Waals surface area contributed by atoms with Gasteiger partial charge in [-0.2, -0.15) is 0 Å². The molecule has 0 atom stereocenters. The van der Waals surface area contributed by atoms with Crippen molar-refractivity contribution in [3.63, 3.8) is 0 Å². The third-order valence-corrected chi connectivity index (χ3v) is 6.32. The minimum absolute atomic E-state index is 0.0287. The van der Waals surface area contributed by atoms with E-state index in [1.807, 2.05) is 41.4 Å². The Balaban J connectivity index is 1.39. The Morgan fingerprint density at radius 3 is 2.43 bits per heavy atom. The molecular weight excluding hydrogens is 368 g/mol. The summed E-state index contributed by atoms with van der Waals surface area (Å²) in [5, 5.41) is 4.18. The van der Waals surface area contributed by atoms with Gasteiger partial charge in [-0.05, 0) is 48.5 Å². The first-order valence-corrected chi connectivity index (χ1v) is 11.5. The summed E-state index contributed by atoms with van der Waals surface area (Å²) in [6.07, 6.45) is 6.21. The molecule has 1 aliphatic heterocycles. The first-order chi connectivity index (χ1) is 13.6. The molecule has 0 saturated carbocycles. The number of amides is 2. The van der Waals surface area contributed by atoms with E-state index in [1.54, 1.807) is 0 Å². The highest BCUT2D eigenvalue weighted by Gasteiger charge is 2.22. The van der Waals surface area contributed by atoms with Gasteiger partial charge >= 0.3 is 6.03 Å². The Morgan fingerprint density at radius 1 is 0.964 bits per heavy atom. The fourth-order valence-corrected chi connectivity index (χ4v) is 4.21. The Bertz CT molecular complexity index is 960.